The van der Waals surface area contributed by atoms with E-state index in [9.17, 15) is 19.5 Å². The SMILES string of the molecule is CC(C)(C)OC(=O)CCC(N)C(O)(C(=O)O)C(=O)O. The van der Waals surface area contributed by atoms with Crippen LogP contribution in [-0.2, 0) is 19.1 Å². The molecule has 110 valence electrons. The lowest BCUT2D eigenvalue weighted by molar-refractivity contribution is -0.179. The Bertz CT molecular complexity index is 358. The summed E-state index contributed by atoms with van der Waals surface area (Å²) in [6.45, 7) is 4.95. The van der Waals surface area contributed by atoms with E-state index in [1.807, 2.05) is 0 Å². The first kappa shape index (κ1) is 17.3. The quantitative estimate of drug-likeness (QED) is 0.369. The van der Waals surface area contributed by atoms with Gasteiger partial charge in [0.1, 0.15) is 5.60 Å². The van der Waals surface area contributed by atoms with Gasteiger partial charge in [0.2, 0.25) is 0 Å². The van der Waals surface area contributed by atoms with Gasteiger partial charge in [0.05, 0.1) is 6.04 Å². The van der Waals surface area contributed by atoms with Gasteiger partial charge in [0.25, 0.3) is 5.60 Å². The van der Waals surface area contributed by atoms with E-state index in [1.54, 1.807) is 20.8 Å². The summed E-state index contributed by atoms with van der Waals surface area (Å²) in [5.74, 6) is -4.60. The number of carboxylic acids is 2. The van der Waals surface area contributed by atoms with Crippen LogP contribution in [0.4, 0.5) is 0 Å². The van der Waals surface area contributed by atoms with Crippen LogP contribution in [0.25, 0.3) is 0 Å². The van der Waals surface area contributed by atoms with E-state index in [0.717, 1.165) is 0 Å². The van der Waals surface area contributed by atoms with Crippen LogP contribution in [-0.4, -0.2) is 50.5 Å². The minimum atomic E-state index is -3.12. The normalized spacial score (nSPS) is 13.7. The van der Waals surface area contributed by atoms with Crippen LogP contribution in [0.5, 0.6) is 0 Å². The molecule has 0 aliphatic carbocycles. The van der Waals surface area contributed by atoms with Crippen LogP contribution >= 0.6 is 0 Å². The molecule has 0 fully saturated rings. The Kier molecular flexibility index (Phi) is 5.46. The zero-order valence-electron chi connectivity index (χ0n) is 11.0. The molecule has 0 radical (unpaired) electrons. The Morgan fingerprint density at radius 2 is 1.58 bits per heavy atom. The average Bonchev–Trinajstić information content (AvgIpc) is 2.21. The van der Waals surface area contributed by atoms with Gasteiger partial charge in [-0.05, 0) is 27.2 Å². The molecule has 0 heterocycles. The van der Waals surface area contributed by atoms with Crippen molar-refractivity contribution in [1.82, 2.24) is 0 Å². The molecule has 8 heteroatoms. The Morgan fingerprint density at radius 1 is 1.16 bits per heavy atom. The van der Waals surface area contributed by atoms with E-state index in [2.05, 4.69) is 0 Å². The number of hydrogen-bond donors (Lipinski definition) is 4. The van der Waals surface area contributed by atoms with Crippen molar-refractivity contribution in [3.05, 3.63) is 0 Å². The van der Waals surface area contributed by atoms with Crippen LogP contribution in [0.3, 0.4) is 0 Å². The molecule has 0 aromatic carbocycles. The largest absolute Gasteiger partial charge is 0.479 e. The molecule has 0 spiro atoms. The fraction of sp³-hybridized carbons (Fsp3) is 0.727. The predicted molar refractivity (Wildman–Crippen MR) is 63.3 cm³/mol. The fourth-order valence-electron chi connectivity index (χ4n) is 1.28. The highest BCUT2D eigenvalue weighted by molar-refractivity contribution is 6.02. The monoisotopic (exact) mass is 277 g/mol. The highest BCUT2D eigenvalue weighted by atomic mass is 16.6. The van der Waals surface area contributed by atoms with Gasteiger partial charge in [0, 0.05) is 6.42 Å². The molecule has 0 amide bonds. The van der Waals surface area contributed by atoms with Gasteiger partial charge in [0.15, 0.2) is 0 Å². The molecular formula is C11H19NO7. The summed E-state index contributed by atoms with van der Waals surface area (Å²) in [5, 5.41) is 26.9. The minimum Gasteiger partial charge on any atom is -0.479 e. The molecule has 0 saturated heterocycles. The molecule has 0 rings (SSSR count). The Balaban J connectivity index is 4.61. The van der Waals surface area contributed by atoms with Crippen molar-refractivity contribution < 1.29 is 34.4 Å². The lowest BCUT2D eigenvalue weighted by atomic mass is 9.91. The van der Waals surface area contributed by atoms with Crippen LogP contribution in [0.1, 0.15) is 33.6 Å². The number of rotatable bonds is 6. The molecule has 0 saturated carbocycles. The second-order valence-electron chi connectivity index (χ2n) is 5.11. The Labute approximate surface area is 110 Å². The van der Waals surface area contributed by atoms with E-state index in [0.29, 0.717) is 0 Å². The van der Waals surface area contributed by atoms with Crippen molar-refractivity contribution in [2.75, 3.05) is 0 Å². The molecule has 5 N–H and O–H groups in total. The first-order valence-electron chi connectivity index (χ1n) is 5.58. The summed E-state index contributed by atoms with van der Waals surface area (Å²) in [5.41, 5.74) is 1.51. The lowest BCUT2D eigenvalue weighted by Gasteiger charge is -2.25. The van der Waals surface area contributed by atoms with Crippen molar-refractivity contribution in [1.29, 1.82) is 0 Å². The first-order chi connectivity index (χ1) is 8.41. The maximum absolute atomic E-state index is 11.4. The van der Waals surface area contributed by atoms with Crippen LogP contribution in [0.15, 0.2) is 0 Å². The molecule has 19 heavy (non-hydrogen) atoms. The highest BCUT2D eigenvalue weighted by Gasteiger charge is 2.50. The summed E-state index contributed by atoms with van der Waals surface area (Å²) < 4.78 is 4.95. The smallest absolute Gasteiger partial charge is 0.349 e. The second-order valence-corrected chi connectivity index (χ2v) is 5.11. The predicted octanol–water partition coefficient (Wildman–Crippen LogP) is -0.664. The molecule has 1 atom stereocenters. The van der Waals surface area contributed by atoms with Crippen molar-refractivity contribution in [3.8, 4) is 0 Å². The number of nitrogens with two attached hydrogens (primary N) is 1. The van der Waals surface area contributed by atoms with E-state index in [4.69, 9.17) is 20.7 Å². The van der Waals surface area contributed by atoms with Crippen molar-refractivity contribution >= 4 is 17.9 Å². The number of aliphatic hydroxyl groups is 1. The number of carbonyl (C=O) groups excluding carboxylic acids is 1. The van der Waals surface area contributed by atoms with E-state index in [-0.39, 0.29) is 12.8 Å². The second kappa shape index (κ2) is 5.98. The van der Waals surface area contributed by atoms with E-state index < -0.39 is 35.2 Å². The highest BCUT2D eigenvalue weighted by Crippen LogP contribution is 2.16. The number of carbonyl (C=O) groups is 3. The number of carboxylic acid groups (broad SMARTS) is 2. The first-order valence-corrected chi connectivity index (χ1v) is 5.58. The van der Waals surface area contributed by atoms with Gasteiger partial charge in [-0.2, -0.15) is 0 Å². The average molecular weight is 277 g/mol. The molecule has 8 nitrogen and oxygen atoms in total. The number of aliphatic carboxylic acids is 2. The van der Waals surface area contributed by atoms with Gasteiger partial charge in [-0.25, -0.2) is 9.59 Å². The van der Waals surface area contributed by atoms with Gasteiger partial charge in [-0.15, -0.1) is 0 Å². The third-order valence-electron chi connectivity index (χ3n) is 2.27. The molecule has 0 aliphatic heterocycles. The maximum Gasteiger partial charge on any atom is 0.349 e. The number of ether oxygens (including phenoxy) is 1. The third-order valence-corrected chi connectivity index (χ3v) is 2.27. The molecule has 0 aromatic heterocycles. The molecule has 0 aromatic rings. The van der Waals surface area contributed by atoms with Crippen LogP contribution in [0, 0.1) is 0 Å². The number of hydrogen-bond acceptors (Lipinski definition) is 6. The topological polar surface area (TPSA) is 147 Å². The van der Waals surface area contributed by atoms with E-state index >= 15 is 0 Å². The van der Waals surface area contributed by atoms with Crippen LogP contribution < -0.4 is 5.73 Å². The minimum absolute atomic E-state index is 0.290. The Morgan fingerprint density at radius 3 is 1.89 bits per heavy atom. The van der Waals surface area contributed by atoms with Gasteiger partial charge in [-0.1, -0.05) is 0 Å². The Hall–Kier alpha value is -1.67. The zero-order valence-corrected chi connectivity index (χ0v) is 11.0. The number of esters is 1. The van der Waals surface area contributed by atoms with Crippen molar-refractivity contribution in [2.45, 2.75) is 50.9 Å². The molecule has 0 bridgehead atoms. The lowest BCUT2D eigenvalue weighted by Crippen LogP contribution is -2.59. The molecular weight excluding hydrogens is 258 g/mol. The van der Waals surface area contributed by atoms with Gasteiger partial charge in [-0.3, -0.25) is 4.79 Å². The summed E-state index contributed by atoms with van der Waals surface area (Å²) in [6, 6.07) is -1.63. The molecule has 1 unspecified atom stereocenters. The van der Waals surface area contributed by atoms with Crippen LogP contribution in [0.2, 0.25) is 0 Å². The summed E-state index contributed by atoms with van der Waals surface area (Å²) in [6.07, 6.45) is -0.620. The summed E-state index contributed by atoms with van der Waals surface area (Å²) in [7, 11) is 0. The summed E-state index contributed by atoms with van der Waals surface area (Å²) in [4.78, 5) is 32.9. The third kappa shape index (κ3) is 4.84. The van der Waals surface area contributed by atoms with Crippen molar-refractivity contribution in [3.63, 3.8) is 0 Å². The standard InChI is InChI=1S/C11H19NO7/c1-10(2,3)19-7(13)5-4-6(12)11(18,8(14)15)9(16)17/h6,18H,4-5,12H2,1-3H3,(H,14,15)(H,16,17). The van der Waals surface area contributed by atoms with Gasteiger partial charge < -0.3 is 25.8 Å². The zero-order chi connectivity index (χ0) is 15.4. The maximum atomic E-state index is 11.4. The van der Waals surface area contributed by atoms with Gasteiger partial charge >= 0.3 is 17.9 Å². The van der Waals surface area contributed by atoms with Crippen molar-refractivity contribution in [2.24, 2.45) is 5.73 Å². The summed E-state index contributed by atoms with van der Waals surface area (Å²) >= 11 is 0. The van der Waals surface area contributed by atoms with E-state index in [1.165, 1.54) is 0 Å². The molecule has 0 aliphatic rings. The fourth-order valence-corrected chi connectivity index (χ4v) is 1.28.